The third-order valence-corrected chi connectivity index (χ3v) is 32.4. The lowest BCUT2D eigenvalue weighted by molar-refractivity contribution is -0.199. The number of cyclic esters (lactones) is 3. The van der Waals surface area contributed by atoms with E-state index in [9.17, 15) is 86.6 Å². The number of carbonyl (C=O) groups is 17. The summed E-state index contributed by atoms with van der Waals surface area (Å²) in [6.45, 7) is 57.6. The average Bonchev–Trinajstić information content (AvgIpc) is 1.62. The molecule has 4 heterocycles. The number of ether oxygens (including phenoxy) is 6. The first-order valence-corrected chi connectivity index (χ1v) is 54.9. The van der Waals surface area contributed by atoms with Crippen molar-refractivity contribution in [2.75, 3.05) is 19.8 Å². The molecular weight excluding hydrogens is 1910 g/mol. The summed E-state index contributed by atoms with van der Waals surface area (Å²) in [6, 6.07) is 10.9. The second kappa shape index (κ2) is 55.1. The number of nitrogens with two attached hydrogens (primary N) is 1. The molecule has 0 aliphatic carbocycles. The van der Waals surface area contributed by atoms with Crippen LogP contribution in [0, 0.1) is 41.4 Å². The van der Waals surface area contributed by atoms with Crippen LogP contribution in [0.15, 0.2) is 109 Å². The lowest BCUT2D eigenvalue weighted by Crippen LogP contribution is -2.55. The van der Waals surface area contributed by atoms with E-state index < -0.39 is 201 Å². The Morgan fingerprint density at radius 2 is 0.745 bits per heavy atom. The number of esters is 3. The topological polar surface area (TPSA) is 543 Å². The number of hydrogen-bond acceptors (Lipinski definition) is 28. The van der Waals surface area contributed by atoms with Gasteiger partial charge in [0.2, 0.25) is 58.0 Å². The molecule has 4 aliphatic rings. The SMILES string of the molecule is CC(C)[C@@H]1NC(=O)/C=C/[C@@H](N)COC(=O)[C@H](Cc2ccc(O[Si](C)(C)C(C)(C)C)cc2)NC1=O.CC(C)[C@@H]1NC(=O)/C=C/[C@@H](NC(=O)[C@@H](NC(=O)OC(C)(C)C)C(C)C)COC(=O)[C@H](Cc2ccc(O)cc2)NC1=O.CC(C)[C@H](NC(=O)OC(C)(C)C)C(=O)C[C@@H]1/C=C/C(=O)N[C@@H](C(C)C)C(=O)N[C@@H](Cc2ccc(O[Si](C)(C)C(C)(C)C)cc2)C(=O)OC1.CC(C)[C@H](NC(=O)OC(C)(C)C)C(=O)ON1C(=O)CCC1=O. The number of rotatable bonds is 26. The van der Waals surface area contributed by atoms with Crippen LogP contribution in [0.2, 0.25) is 36.3 Å². The van der Waals surface area contributed by atoms with Crippen molar-refractivity contribution in [2.45, 2.75) is 345 Å². The Balaban J connectivity index is 0.000000415. The number of benzene rings is 3. The van der Waals surface area contributed by atoms with E-state index >= 15 is 0 Å². The maximum absolute atomic E-state index is 13.5. The number of carbonyl (C=O) groups excluding carboxylic acids is 17. The van der Waals surface area contributed by atoms with Crippen LogP contribution in [0.5, 0.6) is 17.2 Å². The van der Waals surface area contributed by atoms with Gasteiger partial charge >= 0.3 is 42.2 Å². The van der Waals surface area contributed by atoms with Crippen molar-refractivity contribution < 1.29 is 129 Å². The molecule has 12 amide bonds. The maximum atomic E-state index is 13.5. The zero-order valence-corrected chi connectivity index (χ0v) is 92.2. The van der Waals surface area contributed by atoms with Crippen molar-refractivity contribution in [3.05, 3.63) is 126 Å². The molecule has 0 saturated carbocycles. The summed E-state index contributed by atoms with van der Waals surface area (Å²) in [6.07, 6.45) is 6.05. The van der Waals surface area contributed by atoms with Crippen LogP contribution in [-0.2, 0) is 120 Å². The van der Waals surface area contributed by atoms with Crippen LogP contribution in [0.25, 0.3) is 0 Å². The number of phenols is 1. The molecule has 39 nitrogen and oxygen atoms in total. The van der Waals surface area contributed by atoms with E-state index in [4.69, 9.17) is 47.8 Å². The molecule has 3 aromatic carbocycles. The number of imide groups is 1. The standard InChI is InChI=1S/C36H57N3O8Si.C29H42N4O8.C25H39N3O5Si.C14H22N2O6/c1-22(2)30(39-34(44)46-35(5,6)7)28(40)20-25-15-18-29(41)38-31(23(3)4)32(42)37-27(33(43)45-21-25)19-24-13-16-26(17-14-24)47-48(11,12)36(8,9)10;1-16(2)23-26(37)31-21(14-18-8-11-20(34)12-9-18)27(38)40-15-19(10-13-22(35)32-23)30-25(36)24(17(3)4)33-28(39)41-29(5,6)7;1-16(2)22-23(30)27-20(24(31)32-15-18(26)10-13-21(29)28-22)14-17-8-11-19(12-9-17)33-34(6,7)25(3,4)5;1-8(2)11(15-13(20)21-14(3,4)5)12(19)22-16-9(17)6-7-10(16)18/h13-18,22-23,25,27,30-31H,19-21H2,1-12H3,(H,37,42)(H,38,41)(H,39,44);8-13,16-17,19,21,23-24,34H,14-15H2,1-7H3,(H,30,36)(H,31,37)(H,32,35)(H,33,39);8-13,16,18,20,22H,14-15,26H2,1-7H3,(H,27,30)(H,28,29);8,11H,6-7H2,1-5H3,(H,15,20)/b18-15+;2*13-10+;/t25-,27-,30-,31-;19-,21+,23+,24+;18-,20+,22+;11-/m0110/s1. The Hall–Kier alpha value is -12.5. The van der Waals surface area contributed by atoms with Gasteiger partial charge in [-0.3, -0.25) is 47.9 Å². The number of phenolic OH excluding ortho intramolecular Hbond substituents is 1. The molecule has 806 valence electrons. The third kappa shape index (κ3) is 44.1. The second-order valence-electron chi connectivity index (χ2n) is 44.4. The van der Waals surface area contributed by atoms with Crippen LogP contribution in [-0.4, -0.2) is 231 Å². The first-order chi connectivity index (χ1) is 66.7. The molecule has 0 unspecified atom stereocenters. The van der Waals surface area contributed by atoms with Crippen LogP contribution in [0.1, 0.15) is 223 Å². The third-order valence-electron chi connectivity index (χ3n) is 23.6. The molecule has 0 spiro atoms. The predicted octanol–water partition coefficient (Wildman–Crippen LogP) is 11.0. The number of aromatic hydroxyl groups is 1. The minimum absolute atomic E-state index is 0.0119. The van der Waals surface area contributed by atoms with E-state index in [0.717, 1.165) is 28.7 Å². The fourth-order valence-corrected chi connectivity index (χ4v) is 15.5. The smallest absolute Gasteiger partial charge is 0.408 e. The van der Waals surface area contributed by atoms with Crippen molar-refractivity contribution in [1.29, 1.82) is 0 Å². The molecule has 13 N–H and O–H groups in total. The van der Waals surface area contributed by atoms with Crippen LogP contribution in [0.4, 0.5) is 14.4 Å². The number of amides is 12. The van der Waals surface area contributed by atoms with Crippen molar-refractivity contribution in [1.82, 2.24) is 58.2 Å². The molecule has 41 heteroatoms. The second-order valence-corrected chi connectivity index (χ2v) is 53.9. The van der Waals surface area contributed by atoms with E-state index in [2.05, 4.69) is 121 Å². The Bertz CT molecular complexity index is 5020. The molecule has 4 aliphatic heterocycles. The van der Waals surface area contributed by atoms with E-state index in [1.807, 2.05) is 62.4 Å². The van der Waals surface area contributed by atoms with Gasteiger partial charge < -0.3 is 106 Å². The quantitative estimate of drug-likeness (QED) is 0.0154. The molecular formula is C104H160N12O27Si2. The molecule has 7 rings (SSSR count). The number of hydrogen-bond donors (Lipinski definition) is 12. The first-order valence-electron chi connectivity index (χ1n) is 49.1. The molecule has 1 fully saturated rings. The largest absolute Gasteiger partial charge is 0.544 e. The number of hydroxylamine groups is 2. The fourth-order valence-electron chi connectivity index (χ4n) is 13.5. The van der Waals surface area contributed by atoms with Gasteiger partial charge in [0.1, 0.15) is 95.6 Å². The normalized spacial score (nSPS) is 21.3. The Morgan fingerprint density at radius 3 is 1.08 bits per heavy atom. The summed E-state index contributed by atoms with van der Waals surface area (Å²) >= 11 is 0. The van der Waals surface area contributed by atoms with E-state index in [1.165, 1.54) is 42.5 Å². The summed E-state index contributed by atoms with van der Waals surface area (Å²) in [5, 5.41) is 36.7. The zero-order valence-electron chi connectivity index (χ0n) is 90.2. The number of Topliss-reactive ketones (excluding diaryl/α,β-unsaturated/α-hetero) is 1. The Kier molecular flexibility index (Phi) is 47.4. The van der Waals surface area contributed by atoms with Gasteiger partial charge in [0, 0.05) is 56.6 Å². The summed E-state index contributed by atoms with van der Waals surface area (Å²) < 4.78 is 44.9. The lowest BCUT2D eigenvalue weighted by Gasteiger charge is -2.36. The highest BCUT2D eigenvalue weighted by atomic mass is 28.4. The summed E-state index contributed by atoms with van der Waals surface area (Å²) in [5.74, 6) is -8.69. The molecule has 145 heavy (non-hydrogen) atoms. The summed E-state index contributed by atoms with van der Waals surface area (Å²) in [5.41, 5.74) is 5.96. The van der Waals surface area contributed by atoms with Gasteiger partial charge in [0.25, 0.3) is 11.8 Å². The van der Waals surface area contributed by atoms with Crippen molar-refractivity contribution in [2.24, 2.45) is 47.2 Å². The summed E-state index contributed by atoms with van der Waals surface area (Å²) in [7, 11) is -4.02. The van der Waals surface area contributed by atoms with Gasteiger partial charge in [-0.1, -0.05) is 179 Å². The number of ketones is 1. The number of alkyl carbamates (subject to hydrolysis) is 3. The van der Waals surface area contributed by atoms with Gasteiger partial charge in [-0.15, -0.1) is 5.06 Å². The van der Waals surface area contributed by atoms with E-state index in [1.54, 1.807) is 144 Å². The maximum Gasteiger partial charge on any atom is 0.408 e. The Labute approximate surface area is 855 Å². The molecule has 12 atom stereocenters. The van der Waals surface area contributed by atoms with Gasteiger partial charge in [0.15, 0.2) is 5.78 Å². The summed E-state index contributed by atoms with van der Waals surface area (Å²) in [4.78, 5) is 219. The molecule has 1 saturated heterocycles. The monoisotopic (exact) mass is 2070 g/mol. The first kappa shape index (κ1) is 125. The van der Waals surface area contributed by atoms with Crippen molar-refractivity contribution in [3.63, 3.8) is 0 Å². The minimum Gasteiger partial charge on any atom is -0.544 e. The van der Waals surface area contributed by atoms with Crippen LogP contribution in [0.3, 0.4) is 0 Å². The van der Waals surface area contributed by atoms with Crippen LogP contribution >= 0.6 is 0 Å². The van der Waals surface area contributed by atoms with Crippen molar-refractivity contribution >= 4 is 118 Å². The fraction of sp³-hybridized carbons (Fsp3) is 0.606. The Morgan fingerprint density at radius 1 is 0.428 bits per heavy atom. The highest BCUT2D eigenvalue weighted by Gasteiger charge is 2.44. The highest BCUT2D eigenvalue weighted by molar-refractivity contribution is 6.75. The van der Waals surface area contributed by atoms with Gasteiger partial charge in [-0.05, 0) is 193 Å². The van der Waals surface area contributed by atoms with E-state index in [-0.39, 0.29) is 115 Å². The van der Waals surface area contributed by atoms with Gasteiger partial charge in [-0.25, -0.2) is 33.6 Å². The number of nitrogens with zero attached hydrogens (tertiary/aromatic N) is 1. The van der Waals surface area contributed by atoms with Gasteiger partial charge in [-0.2, -0.15) is 0 Å². The molecule has 3 aromatic rings. The molecule has 0 bridgehead atoms. The number of nitrogens with one attached hydrogen (secondary N) is 10. The highest BCUT2D eigenvalue weighted by Crippen LogP contribution is 2.39. The predicted molar refractivity (Wildman–Crippen MR) is 548 cm³/mol. The molecule has 0 aromatic heterocycles. The lowest BCUT2D eigenvalue weighted by atomic mass is 9.92. The van der Waals surface area contributed by atoms with Crippen molar-refractivity contribution in [3.8, 4) is 17.2 Å². The van der Waals surface area contributed by atoms with E-state index in [0.29, 0.717) is 10.6 Å². The van der Waals surface area contributed by atoms with Gasteiger partial charge in [0.05, 0.1) is 24.7 Å². The molecule has 0 radical (unpaired) electrons. The average molecular weight is 2070 g/mol. The minimum atomic E-state index is -2.05. The zero-order chi connectivity index (χ0) is 110. The van der Waals surface area contributed by atoms with Crippen LogP contribution < -0.4 is 67.8 Å².